The highest BCUT2D eigenvalue weighted by Gasteiger charge is 2.02. The van der Waals surface area contributed by atoms with E-state index in [2.05, 4.69) is 46.7 Å². The van der Waals surface area contributed by atoms with Crippen LogP contribution in [0.25, 0.3) is 0 Å². The molecule has 1 aromatic carbocycles. The molecule has 0 unspecified atom stereocenters. The number of hydrogen-bond donors (Lipinski definition) is 2. The number of aromatic amines is 1. The summed E-state index contributed by atoms with van der Waals surface area (Å²) in [4.78, 5) is 11.7. The molecule has 4 nitrogen and oxygen atoms in total. The van der Waals surface area contributed by atoms with E-state index in [4.69, 9.17) is 0 Å². The number of amides is 1. The van der Waals surface area contributed by atoms with Gasteiger partial charge in [0.1, 0.15) is 0 Å². The maximum absolute atomic E-state index is 11.7. The van der Waals surface area contributed by atoms with Crippen LogP contribution in [0.15, 0.2) is 36.5 Å². The number of hydrogen-bond acceptors (Lipinski definition) is 2. The normalized spacial score (nSPS) is 10.4. The standard InChI is InChI=1S/C16H21N3O/c1-2-13-3-5-14(6-4-13)9-11-17-16(20)8-7-15-10-12-18-19-15/h3-6,10,12H,2,7-9,11H2,1H3,(H,17,20)(H,18,19). The molecule has 0 bridgehead atoms. The first-order chi connectivity index (χ1) is 9.78. The van der Waals surface area contributed by atoms with Gasteiger partial charge in [-0.25, -0.2) is 0 Å². The van der Waals surface area contributed by atoms with Crippen molar-refractivity contribution in [2.75, 3.05) is 6.54 Å². The van der Waals surface area contributed by atoms with Crippen LogP contribution in [0, 0.1) is 0 Å². The summed E-state index contributed by atoms with van der Waals surface area (Å²) in [5.74, 6) is 0.0878. The predicted octanol–water partition coefficient (Wildman–Crippen LogP) is 2.26. The van der Waals surface area contributed by atoms with Crippen LogP contribution in [0.2, 0.25) is 0 Å². The first kappa shape index (κ1) is 14.3. The monoisotopic (exact) mass is 271 g/mol. The number of rotatable bonds is 7. The molecule has 0 saturated heterocycles. The van der Waals surface area contributed by atoms with Gasteiger partial charge in [0.05, 0.1) is 0 Å². The molecule has 0 atom stereocenters. The number of nitrogens with zero attached hydrogens (tertiary/aromatic N) is 1. The van der Waals surface area contributed by atoms with Crippen molar-refractivity contribution in [3.63, 3.8) is 0 Å². The summed E-state index contributed by atoms with van der Waals surface area (Å²) in [5.41, 5.74) is 3.60. The fourth-order valence-electron chi connectivity index (χ4n) is 2.05. The Bertz CT molecular complexity index is 517. The van der Waals surface area contributed by atoms with Crippen LogP contribution in [-0.2, 0) is 24.1 Å². The van der Waals surface area contributed by atoms with E-state index in [0.717, 1.165) is 18.5 Å². The number of aryl methyl sites for hydroxylation is 2. The lowest BCUT2D eigenvalue weighted by Gasteiger charge is -2.05. The zero-order valence-electron chi connectivity index (χ0n) is 11.9. The third kappa shape index (κ3) is 4.53. The lowest BCUT2D eigenvalue weighted by atomic mass is 10.1. The van der Waals surface area contributed by atoms with Gasteiger partial charge in [-0.2, -0.15) is 5.10 Å². The molecule has 0 radical (unpaired) electrons. The van der Waals surface area contributed by atoms with E-state index >= 15 is 0 Å². The Hall–Kier alpha value is -2.10. The van der Waals surface area contributed by atoms with Gasteiger partial charge in [-0.15, -0.1) is 0 Å². The van der Waals surface area contributed by atoms with Gasteiger partial charge in [0.2, 0.25) is 5.91 Å². The zero-order valence-corrected chi connectivity index (χ0v) is 11.9. The van der Waals surface area contributed by atoms with E-state index in [1.807, 2.05) is 6.07 Å². The highest BCUT2D eigenvalue weighted by molar-refractivity contribution is 5.76. The molecule has 0 spiro atoms. The van der Waals surface area contributed by atoms with Crippen LogP contribution >= 0.6 is 0 Å². The highest BCUT2D eigenvalue weighted by atomic mass is 16.1. The highest BCUT2D eigenvalue weighted by Crippen LogP contribution is 2.05. The van der Waals surface area contributed by atoms with Crippen molar-refractivity contribution in [1.29, 1.82) is 0 Å². The molecule has 2 N–H and O–H groups in total. The molecule has 0 aliphatic rings. The van der Waals surface area contributed by atoms with E-state index in [1.54, 1.807) is 6.20 Å². The number of H-pyrrole nitrogens is 1. The van der Waals surface area contributed by atoms with Crippen molar-refractivity contribution in [2.24, 2.45) is 0 Å². The van der Waals surface area contributed by atoms with Crippen LogP contribution in [0.5, 0.6) is 0 Å². The van der Waals surface area contributed by atoms with Crippen LogP contribution in [0.4, 0.5) is 0 Å². The van der Waals surface area contributed by atoms with Gasteiger partial charge in [-0.05, 0) is 36.5 Å². The molecule has 1 amide bonds. The van der Waals surface area contributed by atoms with E-state index < -0.39 is 0 Å². The van der Waals surface area contributed by atoms with E-state index in [-0.39, 0.29) is 5.91 Å². The topological polar surface area (TPSA) is 57.8 Å². The number of carbonyl (C=O) groups excluding carboxylic acids is 1. The number of carbonyl (C=O) groups is 1. The molecule has 20 heavy (non-hydrogen) atoms. The third-order valence-electron chi connectivity index (χ3n) is 3.35. The minimum Gasteiger partial charge on any atom is -0.356 e. The summed E-state index contributed by atoms with van der Waals surface area (Å²) < 4.78 is 0. The Morgan fingerprint density at radius 3 is 2.55 bits per heavy atom. The maximum Gasteiger partial charge on any atom is 0.220 e. The van der Waals surface area contributed by atoms with Gasteiger partial charge in [-0.1, -0.05) is 31.2 Å². The van der Waals surface area contributed by atoms with E-state index in [0.29, 0.717) is 19.4 Å². The average molecular weight is 271 g/mol. The summed E-state index contributed by atoms with van der Waals surface area (Å²) in [6.07, 6.45) is 4.84. The van der Waals surface area contributed by atoms with E-state index in [9.17, 15) is 4.79 Å². The molecule has 2 aromatic rings. The summed E-state index contributed by atoms with van der Waals surface area (Å²) in [7, 11) is 0. The van der Waals surface area contributed by atoms with Crippen molar-refractivity contribution >= 4 is 5.91 Å². The van der Waals surface area contributed by atoms with Crippen molar-refractivity contribution < 1.29 is 4.79 Å². The molecule has 1 aromatic heterocycles. The molecular weight excluding hydrogens is 250 g/mol. The quantitative estimate of drug-likeness (QED) is 0.811. The van der Waals surface area contributed by atoms with Gasteiger partial charge in [0, 0.05) is 24.9 Å². The van der Waals surface area contributed by atoms with Crippen LogP contribution in [0.1, 0.15) is 30.2 Å². The largest absolute Gasteiger partial charge is 0.356 e. The molecular formula is C16H21N3O. The SMILES string of the molecule is CCc1ccc(CCNC(=O)CCc2ccn[nH]2)cc1. The Labute approximate surface area is 119 Å². The summed E-state index contributed by atoms with van der Waals surface area (Å²) in [6, 6.07) is 10.5. The van der Waals surface area contributed by atoms with Crippen molar-refractivity contribution in [3.8, 4) is 0 Å². The van der Waals surface area contributed by atoms with Crippen molar-refractivity contribution in [1.82, 2.24) is 15.5 Å². The molecule has 106 valence electrons. The number of nitrogens with one attached hydrogen (secondary N) is 2. The van der Waals surface area contributed by atoms with Gasteiger partial charge in [0.15, 0.2) is 0 Å². The lowest BCUT2D eigenvalue weighted by molar-refractivity contribution is -0.121. The van der Waals surface area contributed by atoms with Gasteiger partial charge >= 0.3 is 0 Å². The Balaban J connectivity index is 1.65. The number of aromatic nitrogens is 2. The van der Waals surface area contributed by atoms with Crippen LogP contribution < -0.4 is 5.32 Å². The molecule has 0 fully saturated rings. The predicted molar refractivity (Wildman–Crippen MR) is 79.4 cm³/mol. The average Bonchev–Trinajstić information content (AvgIpc) is 2.99. The minimum absolute atomic E-state index is 0.0878. The fraction of sp³-hybridized carbons (Fsp3) is 0.375. The molecule has 1 heterocycles. The minimum atomic E-state index is 0.0878. The van der Waals surface area contributed by atoms with Gasteiger partial charge < -0.3 is 5.32 Å². The molecule has 0 aliphatic heterocycles. The first-order valence-electron chi connectivity index (χ1n) is 7.10. The molecule has 4 heteroatoms. The second-order valence-corrected chi connectivity index (χ2v) is 4.85. The van der Waals surface area contributed by atoms with E-state index in [1.165, 1.54) is 11.1 Å². The third-order valence-corrected chi connectivity index (χ3v) is 3.35. The Morgan fingerprint density at radius 2 is 1.90 bits per heavy atom. The summed E-state index contributed by atoms with van der Waals surface area (Å²) >= 11 is 0. The smallest absolute Gasteiger partial charge is 0.220 e. The second kappa shape index (κ2) is 7.48. The van der Waals surface area contributed by atoms with Gasteiger partial charge in [-0.3, -0.25) is 9.89 Å². The summed E-state index contributed by atoms with van der Waals surface area (Å²) in [6.45, 7) is 2.84. The molecule has 2 rings (SSSR count). The van der Waals surface area contributed by atoms with Crippen LogP contribution in [0.3, 0.4) is 0 Å². The zero-order chi connectivity index (χ0) is 14.2. The summed E-state index contributed by atoms with van der Waals surface area (Å²) in [5, 5.41) is 9.66. The Kier molecular flexibility index (Phi) is 5.35. The lowest BCUT2D eigenvalue weighted by Crippen LogP contribution is -2.25. The number of benzene rings is 1. The van der Waals surface area contributed by atoms with Gasteiger partial charge in [0.25, 0.3) is 0 Å². The second-order valence-electron chi connectivity index (χ2n) is 4.85. The maximum atomic E-state index is 11.7. The fourth-order valence-corrected chi connectivity index (χ4v) is 2.05. The molecule has 0 saturated carbocycles. The molecule has 0 aliphatic carbocycles. The van der Waals surface area contributed by atoms with Crippen LogP contribution in [-0.4, -0.2) is 22.6 Å². The first-order valence-corrected chi connectivity index (χ1v) is 7.10. The van der Waals surface area contributed by atoms with Crippen molar-refractivity contribution in [3.05, 3.63) is 53.3 Å². The Morgan fingerprint density at radius 1 is 1.15 bits per heavy atom. The van der Waals surface area contributed by atoms with Crippen molar-refractivity contribution in [2.45, 2.75) is 32.6 Å².